The van der Waals surface area contributed by atoms with Crippen LogP contribution in [0.3, 0.4) is 0 Å². The summed E-state index contributed by atoms with van der Waals surface area (Å²) in [4.78, 5) is 10.9. The number of aromatic nitrogens is 3. The van der Waals surface area contributed by atoms with E-state index >= 15 is 0 Å². The van der Waals surface area contributed by atoms with Crippen molar-refractivity contribution in [3.63, 3.8) is 0 Å². The van der Waals surface area contributed by atoms with Crippen LogP contribution < -0.4 is 5.73 Å². The van der Waals surface area contributed by atoms with Crippen LogP contribution in [0.5, 0.6) is 0 Å². The number of nitrogens with zero attached hydrogens (tertiary/aromatic N) is 2. The lowest BCUT2D eigenvalue weighted by Gasteiger charge is -2.07. The monoisotopic (exact) mass is 246 g/mol. The lowest BCUT2D eigenvalue weighted by molar-refractivity contribution is 0.911. The van der Waals surface area contributed by atoms with Gasteiger partial charge in [-0.05, 0) is 37.2 Å². The van der Waals surface area contributed by atoms with E-state index in [0.717, 1.165) is 5.82 Å². The molecule has 4 nitrogen and oxygen atoms in total. The number of nitrogen functional groups attached to an aromatic ring is 1. The Balaban J connectivity index is 2.37. The highest BCUT2D eigenvalue weighted by Crippen LogP contribution is 2.13. The van der Waals surface area contributed by atoms with Crippen molar-refractivity contribution >= 4 is 18.2 Å². The molecule has 1 heterocycles. The Hall–Kier alpha value is -1.75. The van der Waals surface area contributed by atoms with Gasteiger partial charge in [0.1, 0.15) is 5.82 Å². The second-order valence-corrected chi connectivity index (χ2v) is 4.43. The van der Waals surface area contributed by atoms with E-state index in [1.165, 1.54) is 16.7 Å². The standard InChI is InChI=1S/C12H14N4S/c1-7-3-4-8(2)9(5-7)6-10-14-11(13)16-12(17)15-10/h3-5H,6H2,1-2H3,(H3,13,14,15,16,17). The van der Waals surface area contributed by atoms with Gasteiger partial charge in [-0.1, -0.05) is 23.8 Å². The van der Waals surface area contributed by atoms with Crippen molar-refractivity contribution < 1.29 is 0 Å². The van der Waals surface area contributed by atoms with Crippen LogP contribution in [0.1, 0.15) is 22.5 Å². The van der Waals surface area contributed by atoms with Gasteiger partial charge in [0, 0.05) is 6.42 Å². The van der Waals surface area contributed by atoms with Gasteiger partial charge >= 0.3 is 0 Å². The van der Waals surface area contributed by atoms with E-state index in [2.05, 4.69) is 47.0 Å². The third-order valence-electron chi connectivity index (χ3n) is 2.58. The second-order valence-electron chi connectivity index (χ2n) is 4.07. The molecular weight excluding hydrogens is 232 g/mol. The number of nitrogens with two attached hydrogens (primary N) is 1. The van der Waals surface area contributed by atoms with Gasteiger partial charge in [-0.15, -0.1) is 0 Å². The zero-order chi connectivity index (χ0) is 12.4. The number of H-pyrrole nitrogens is 1. The summed E-state index contributed by atoms with van der Waals surface area (Å²) in [6, 6.07) is 6.34. The molecule has 2 aromatic rings. The molecule has 0 saturated heterocycles. The number of nitrogens with one attached hydrogen (secondary N) is 1. The number of rotatable bonds is 2. The summed E-state index contributed by atoms with van der Waals surface area (Å²) in [5.74, 6) is 1.06. The van der Waals surface area contributed by atoms with Gasteiger partial charge in [-0.3, -0.25) is 0 Å². The zero-order valence-corrected chi connectivity index (χ0v) is 10.6. The van der Waals surface area contributed by atoms with Crippen molar-refractivity contribution in [2.24, 2.45) is 0 Å². The predicted octanol–water partition coefficient (Wildman–Crippen LogP) is 2.32. The van der Waals surface area contributed by atoms with E-state index in [1.807, 2.05) is 0 Å². The molecule has 0 spiro atoms. The fraction of sp³-hybridized carbons (Fsp3) is 0.250. The van der Waals surface area contributed by atoms with Crippen LogP contribution in [-0.4, -0.2) is 15.0 Å². The molecule has 5 heteroatoms. The van der Waals surface area contributed by atoms with Gasteiger partial charge in [-0.2, -0.15) is 4.98 Å². The molecule has 0 bridgehead atoms. The van der Waals surface area contributed by atoms with Crippen molar-refractivity contribution in [1.29, 1.82) is 0 Å². The number of aromatic amines is 1. The van der Waals surface area contributed by atoms with E-state index < -0.39 is 0 Å². The third kappa shape index (κ3) is 2.88. The summed E-state index contributed by atoms with van der Waals surface area (Å²) in [5.41, 5.74) is 9.28. The van der Waals surface area contributed by atoms with Crippen LogP contribution >= 0.6 is 12.2 Å². The number of hydrogen-bond acceptors (Lipinski definition) is 4. The predicted molar refractivity (Wildman–Crippen MR) is 70.4 cm³/mol. The largest absolute Gasteiger partial charge is 0.369 e. The Labute approximate surface area is 105 Å². The zero-order valence-electron chi connectivity index (χ0n) is 9.82. The summed E-state index contributed by atoms with van der Waals surface area (Å²) in [6.45, 7) is 4.15. The van der Waals surface area contributed by atoms with Crippen molar-refractivity contribution in [1.82, 2.24) is 15.0 Å². The van der Waals surface area contributed by atoms with Gasteiger partial charge in [0.15, 0.2) is 0 Å². The third-order valence-corrected chi connectivity index (χ3v) is 2.76. The fourth-order valence-corrected chi connectivity index (χ4v) is 1.91. The van der Waals surface area contributed by atoms with Crippen molar-refractivity contribution in [3.05, 3.63) is 45.5 Å². The Morgan fingerprint density at radius 3 is 2.76 bits per heavy atom. The molecule has 0 amide bonds. The number of aryl methyl sites for hydroxylation is 2. The average molecular weight is 246 g/mol. The average Bonchev–Trinajstić information content (AvgIpc) is 2.22. The molecule has 1 aromatic carbocycles. The highest BCUT2D eigenvalue weighted by Gasteiger charge is 2.03. The SMILES string of the molecule is Cc1ccc(C)c(Cc2nc(=S)nc(N)[nH]2)c1. The molecule has 0 aliphatic rings. The quantitative estimate of drug-likeness (QED) is 0.798. The van der Waals surface area contributed by atoms with Crippen molar-refractivity contribution in [2.45, 2.75) is 20.3 Å². The highest BCUT2D eigenvalue weighted by molar-refractivity contribution is 7.71. The van der Waals surface area contributed by atoms with E-state index in [-0.39, 0.29) is 4.77 Å². The van der Waals surface area contributed by atoms with Gasteiger partial charge in [-0.25, -0.2) is 4.98 Å². The maximum absolute atomic E-state index is 5.61. The molecule has 88 valence electrons. The van der Waals surface area contributed by atoms with Crippen LogP contribution in [0.2, 0.25) is 0 Å². The van der Waals surface area contributed by atoms with E-state index in [4.69, 9.17) is 18.0 Å². The molecule has 1 aromatic heterocycles. The summed E-state index contributed by atoms with van der Waals surface area (Å²) >= 11 is 4.94. The Morgan fingerprint density at radius 1 is 1.29 bits per heavy atom. The second kappa shape index (κ2) is 4.63. The Kier molecular flexibility index (Phi) is 3.19. The first-order valence-corrected chi connectivity index (χ1v) is 5.74. The molecule has 0 saturated carbocycles. The van der Waals surface area contributed by atoms with E-state index in [0.29, 0.717) is 12.4 Å². The first kappa shape index (κ1) is 11.7. The molecule has 0 unspecified atom stereocenters. The molecule has 0 aliphatic carbocycles. The van der Waals surface area contributed by atoms with Crippen LogP contribution in [-0.2, 0) is 6.42 Å². The van der Waals surface area contributed by atoms with Gasteiger partial charge in [0.25, 0.3) is 0 Å². The minimum Gasteiger partial charge on any atom is -0.369 e. The fourth-order valence-electron chi connectivity index (χ4n) is 1.70. The van der Waals surface area contributed by atoms with Gasteiger partial charge in [0.2, 0.25) is 10.7 Å². The van der Waals surface area contributed by atoms with E-state index in [1.54, 1.807) is 0 Å². The lowest BCUT2D eigenvalue weighted by atomic mass is 10.0. The topological polar surface area (TPSA) is 67.6 Å². The normalized spacial score (nSPS) is 10.5. The number of hydrogen-bond donors (Lipinski definition) is 2. The van der Waals surface area contributed by atoms with Crippen LogP contribution in [0.4, 0.5) is 5.95 Å². The number of anilines is 1. The molecule has 0 fully saturated rings. The smallest absolute Gasteiger partial charge is 0.224 e. The van der Waals surface area contributed by atoms with Gasteiger partial charge < -0.3 is 10.7 Å². The molecule has 0 aliphatic heterocycles. The van der Waals surface area contributed by atoms with Crippen LogP contribution in [0.15, 0.2) is 18.2 Å². The Morgan fingerprint density at radius 2 is 2.06 bits per heavy atom. The van der Waals surface area contributed by atoms with Crippen molar-refractivity contribution in [2.75, 3.05) is 5.73 Å². The Bertz CT molecular complexity index is 604. The minimum atomic E-state index is 0.279. The van der Waals surface area contributed by atoms with Crippen LogP contribution in [0, 0.1) is 18.6 Å². The summed E-state index contributed by atoms with van der Waals surface area (Å²) < 4.78 is 0.279. The minimum absolute atomic E-state index is 0.279. The molecule has 2 rings (SSSR count). The summed E-state index contributed by atoms with van der Waals surface area (Å²) in [5, 5.41) is 0. The number of benzene rings is 1. The van der Waals surface area contributed by atoms with Crippen LogP contribution in [0.25, 0.3) is 0 Å². The molecular formula is C12H14N4S. The molecule has 17 heavy (non-hydrogen) atoms. The van der Waals surface area contributed by atoms with Crippen molar-refractivity contribution in [3.8, 4) is 0 Å². The van der Waals surface area contributed by atoms with Gasteiger partial charge in [0.05, 0.1) is 0 Å². The summed E-state index contributed by atoms with van der Waals surface area (Å²) in [7, 11) is 0. The molecule has 0 atom stereocenters. The summed E-state index contributed by atoms with van der Waals surface area (Å²) in [6.07, 6.45) is 0.684. The maximum atomic E-state index is 5.61. The maximum Gasteiger partial charge on any atom is 0.224 e. The lowest BCUT2D eigenvalue weighted by Crippen LogP contribution is -2.04. The molecule has 3 N–H and O–H groups in total. The first-order valence-electron chi connectivity index (χ1n) is 5.33. The highest BCUT2D eigenvalue weighted by atomic mass is 32.1. The van der Waals surface area contributed by atoms with E-state index in [9.17, 15) is 0 Å². The molecule has 0 radical (unpaired) electrons. The first-order chi connectivity index (χ1) is 8.04.